The molecular weight excluding hydrogens is 456 g/mol. The summed E-state index contributed by atoms with van der Waals surface area (Å²) in [6.07, 6.45) is 0. The average Bonchev–Trinajstić information content (AvgIpc) is 3.47. The van der Waals surface area contributed by atoms with Gasteiger partial charge in [0.25, 0.3) is 5.91 Å². The Kier molecular flexibility index (Phi) is 4.03. The van der Waals surface area contributed by atoms with E-state index in [4.69, 9.17) is 4.98 Å². The first-order chi connectivity index (χ1) is 18.3. The fraction of sp³-hybridized carbons (Fsp3) is 0. The van der Waals surface area contributed by atoms with Crippen LogP contribution in [0.2, 0.25) is 0 Å². The molecular formula is C32H20N4O. The molecule has 0 spiro atoms. The molecule has 2 aliphatic rings. The molecule has 5 heteroatoms. The maximum Gasteiger partial charge on any atom is 0.264 e. The fourth-order valence-electron chi connectivity index (χ4n) is 5.65. The monoisotopic (exact) mass is 476 g/mol. The number of rotatable bonds is 2. The Hall–Kier alpha value is -5.16. The van der Waals surface area contributed by atoms with E-state index in [0.717, 1.165) is 50.7 Å². The summed E-state index contributed by atoms with van der Waals surface area (Å²) in [5, 5.41) is 0. The second kappa shape index (κ2) is 7.42. The van der Waals surface area contributed by atoms with E-state index in [0.29, 0.717) is 11.4 Å². The molecule has 0 bridgehead atoms. The summed E-state index contributed by atoms with van der Waals surface area (Å²) >= 11 is 0. The topological polar surface area (TPSA) is 41.4 Å². The van der Waals surface area contributed by atoms with Gasteiger partial charge in [0.1, 0.15) is 5.82 Å². The molecule has 0 amide bonds. The van der Waals surface area contributed by atoms with Crippen LogP contribution in [0.1, 0.15) is 10.4 Å². The summed E-state index contributed by atoms with van der Waals surface area (Å²) in [6, 6.07) is 41.1. The summed E-state index contributed by atoms with van der Waals surface area (Å²) in [6.45, 7) is 0. The van der Waals surface area contributed by atoms with Gasteiger partial charge in [-0.15, -0.1) is 0 Å². The Bertz CT molecular complexity index is 1820. The number of nitrogens with zero attached hydrogens (tertiary/aromatic N) is 4. The maximum atomic E-state index is 13.6. The second-order valence-electron chi connectivity index (χ2n) is 9.28. The lowest BCUT2D eigenvalue weighted by Gasteiger charge is -2.40. The first-order valence-corrected chi connectivity index (χ1v) is 12.3. The number of aromatic nitrogens is 2. The smallest absolute Gasteiger partial charge is 0.264 e. The van der Waals surface area contributed by atoms with Crippen LogP contribution in [0.25, 0.3) is 22.4 Å². The van der Waals surface area contributed by atoms with Crippen LogP contribution in [0, 0.1) is 0 Å². The quantitative estimate of drug-likeness (QED) is 0.254. The minimum Gasteiger partial charge on any atom is -0.306 e. The number of fused-ring (bicyclic) bond motifs is 7. The van der Waals surface area contributed by atoms with Gasteiger partial charge in [-0.1, -0.05) is 54.6 Å². The molecule has 0 saturated heterocycles. The predicted octanol–water partition coefficient (Wildman–Crippen LogP) is 7.96. The van der Waals surface area contributed by atoms with Crippen molar-refractivity contribution in [3.05, 3.63) is 127 Å². The van der Waals surface area contributed by atoms with Crippen molar-refractivity contribution in [2.24, 2.45) is 0 Å². The second-order valence-corrected chi connectivity index (χ2v) is 9.28. The van der Waals surface area contributed by atoms with E-state index in [2.05, 4.69) is 88.7 Å². The van der Waals surface area contributed by atoms with Gasteiger partial charge in [-0.25, -0.2) is 4.98 Å². The van der Waals surface area contributed by atoms with E-state index in [1.165, 1.54) is 0 Å². The predicted molar refractivity (Wildman–Crippen MR) is 148 cm³/mol. The third-order valence-electron chi connectivity index (χ3n) is 7.24. The highest BCUT2D eigenvalue weighted by molar-refractivity contribution is 6.14. The fourth-order valence-corrected chi connectivity index (χ4v) is 5.65. The van der Waals surface area contributed by atoms with E-state index in [9.17, 15) is 4.79 Å². The molecule has 0 saturated carbocycles. The van der Waals surface area contributed by atoms with Crippen molar-refractivity contribution in [2.75, 3.05) is 9.80 Å². The minimum atomic E-state index is -0.0370. The molecule has 5 nitrogen and oxygen atoms in total. The lowest BCUT2D eigenvalue weighted by molar-refractivity contribution is 0.0973. The number of para-hydroxylation sites is 7. The highest BCUT2D eigenvalue weighted by atomic mass is 16.2. The van der Waals surface area contributed by atoms with Crippen LogP contribution in [0.4, 0.5) is 34.1 Å². The minimum absolute atomic E-state index is 0.0370. The zero-order chi connectivity index (χ0) is 24.5. The summed E-state index contributed by atoms with van der Waals surface area (Å²) in [4.78, 5) is 22.9. The largest absolute Gasteiger partial charge is 0.306 e. The van der Waals surface area contributed by atoms with E-state index in [1.807, 2.05) is 42.5 Å². The summed E-state index contributed by atoms with van der Waals surface area (Å²) in [7, 11) is 0. The Balaban J connectivity index is 1.33. The summed E-state index contributed by atoms with van der Waals surface area (Å²) in [5.74, 6) is 0.674. The normalized spacial score (nSPS) is 13.4. The van der Waals surface area contributed by atoms with Crippen LogP contribution in [0.15, 0.2) is 121 Å². The number of hydrogen-bond acceptors (Lipinski definition) is 4. The Morgan fingerprint density at radius 3 is 1.76 bits per heavy atom. The molecule has 2 aliphatic heterocycles. The molecule has 6 aromatic rings. The van der Waals surface area contributed by atoms with Gasteiger partial charge in [-0.05, 0) is 66.7 Å². The Morgan fingerprint density at radius 1 is 0.514 bits per heavy atom. The number of hydrogen-bond donors (Lipinski definition) is 0. The van der Waals surface area contributed by atoms with Gasteiger partial charge in [-0.3, -0.25) is 9.36 Å². The summed E-state index contributed by atoms with van der Waals surface area (Å²) in [5.41, 5.74) is 9.53. The van der Waals surface area contributed by atoms with Crippen molar-refractivity contribution in [3.8, 4) is 11.4 Å². The van der Waals surface area contributed by atoms with Gasteiger partial charge in [0.2, 0.25) is 0 Å². The standard InChI is InChI=1S/C32H20N4O/c37-32-24-20-22(18-19-23(24)31-33-25-12-4-5-13-26(25)36(31)32)35-29-16-8-6-14-27(29)34(21-10-2-1-3-11-21)28-15-7-9-17-30(28)35/h1-20H. The molecule has 8 rings (SSSR count). The van der Waals surface area contributed by atoms with Gasteiger partial charge < -0.3 is 9.80 Å². The molecule has 37 heavy (non-hydrogen) atoms. The highest BCUT2D eigenvalue weighted by Crippen LogP contribution is 2.54. The summed E-state index contributed by atoms with van der Waals surface area (Å²) < 4.78 is 1.74. The number of benzene rings is 5. The highest BCUT2D eigenvalue weighted by Gasteiger charge is 2.34. The van der Waals surface area contributed by atoms with Gasteiger partial charge in [0.15, 0.2) is 0 Å². The van der Waals surface area contributed by atoms with Crippen molar-refractivity contribution in [1.29, 1.82) is 0 Å². The van der Waals surface area contributed by atoms with Crippen LogP contribution in [0.5, 0.6) is 0 Å². The lowest BCUT2D eigenvalue weighted by Crippen LogP contribution is -2.24. The molecule has 0 N–H and O–H groups in total. The third-order valence-corrected chi connectivity index (χ3v) is 7.24. The van der Waals surface area contributed by atoms with Crippen molar-refractivity contribution in [3.63, 3.8) is 0 Å². The van der Waals surface area contributed by atoms with Crippen LogP contribution in [-0.4, -0.2) is 15.5 Å². The van der Waals surface area contributed by atoms with Crippen molar-refractivity contribution >= 4 is 51.1 Å². The molecule has 1 aromatic heterocycles. The first-order valence-electron chi connectivity index (χ1n) is 12.3. The Morgan fingerprint density at radius 2 is 1.08 bits per heavy atom. The van der Waals surface area contributed by atoms with Gasteiger partial charge in [0.05, 0.1) is 39.3 Å². The number of anilines is 6. The average molecular weight is 477 g/mol. The van der Waals surface area contributed by atoms with E-state index >= 15 is 0 Å². The van der Waals surface area contributed by atoms with Gasteiger partial charge >= 0.3 is 0 Å². The molecule has 174 valence electrons. The van der Waals surface area contributed by atoms with Gasteiger partial charge in [-0.2, -0.15) is 0 Å². The van der Waals surface area contributed by atoms with Gasteiger partial charge in [0, 0.05) is 16.9 Å². The van der Waals surface area contributed by atoms with Crippen molar-refractivity contribution < 1.29 is 4.79 Å². The number of carbonyl (C=O) groups is 1. The molecule has 5 aromatic carbocycles. The zero-order valence-electron chi connectivity index (χ0n) is 19.7. The van der Waals surface area contributed by atoms with E-state index < -0.39 is 0 Å². The molecule has 3 heterocycles. The molecule has 0 fully saturated rings. The SMILES string of the molecule is O=C1c2cc(N3c4ccccc4N(c4ccccc4)c4ccccc43)ccc2-c2nc3ccccc3n21. The van der Waals surface area contributed by atoms with Crippen LogP contribution >= 0.6 is 0 Å². The number of imidazole rings is 1. The Labute approximate surface area is 213 Å². The van der Waals surface area contributed by atoms with E-state index in [1.54, 1.807) is 4.57 Å². The van der Waals surface area contributed by atoms with Crippen molar-refractivity contribution in [1.82, 2.24) is 9.55 Å². The van der Waals surface area contributed by atoms with Crippen molar-refractivity contribution in [2.45, 2.75) is 0 Å². The van der Waals surface area contributed by atoms with Crippen LogP contribution < -0.4 is 9.80 Å². The molecule has 0 radical (unpaired) electrons. The zero-order valence-corrected chi connectivity index (χ0v) is 19.7. The van der Waals surface area contributed by atoms with Crippen LogP contribution in [-0.2, 0) is 0 Å². The maximum absolute atomic E-state index is 13.6. The van der Waals surface area contributed by atoms with Crippen LogP contribution in [0.3, 0.4) is 0 Å². The van der Waals surface area contributed by atoms with E-state index in [-0.39, 0.29) is 5.91 Å². The lowest BCUT2D eigenvalue weighted by atomic mass is 10.0. The molecule has 0 atom stereocenters. The first kappa shape index (κ1) is 20.1. The third kappa shape index (κ3) is 2.74. The molecule has 0 aliphatic carbocycles. The molecule has 0 unspecified atom stereocenters. The number of carbonyl (C=O) groups excluding carboxylic acids is 1.